The van der Waals surface area contributed by atoms with Crippen molar-refractivity contribution in [3.63, 3.8) is 0 Å². The number of nitro groups is 1. The van der Waals surface area contributed by atoms with Gasteiger partial charge in [-0.3, -0.25) is 10.1 Å². The van der Waals surface area contributed by atoms with Crippen LogP contribution in [0.15, 0.2) is 53.4 Å². The van der Waals surface area contributed by atoms with Crippen LogP contribution in [0.5, 0.6) is 5.75 Å². The van der Waals surface area contributed by atoms with Gasteiger partial charge in [-0.25, -0.2) is 13.1 Å². The molecule has 0 heterocycles. The topological polar surface area (TPSA) is 98.5 Å². The highest BCUT2D eigenvalue weighted by Gasteiger charge is 2.27. The fraction of sp³-hybridized carbons (Fsp3) is 0.200. The van der Waals surface area contributed by atoms with Gasteiger partial charge >= 0.3 is 0 Å². The normalized spacial score (nSPS) is 12.6. The third kappa shape index (κ3) is 3.66. The second-order valence-corrected chi connectivity index (χ2v) is 6.49. The maximum atomic E-state index is 12.5. The number of ether oxygens (including phenoxy) is 1. The van der Waals surface area contributed by atoms with Crippen LogP contribution in [0.1, 0.15) is 18.5 Å². The minimum absolute atomic E-state index is 0.369. The molecule has 0 aliphatic rings. The molecule has 0 radical (unpaired) electrons. The van der Waals surface area contributed by atoms with Crippen LogP contribution in [-0.4, -0.2) is 20.5 Å². The first-order valence-electron chi connectivity index (χ1n) is 6.75. The van der Waals surface area contributed by atoms with Crippen LogP contribution in [0, 0.1) is 10.1 Å². The Labute approximate surface area is 134 Å². The number of methoxy groups -OCH3 is 1. The number of nitrogens with zero attached hydrogens (tertiary/aromatic N) is 1. The van der Waals surface area contributed by atoms with Crippen molar-refractivity contribution in [2.45, 2.75) is 17.9 Å². The van der Waals surface area contributed by atoms with Gasteiger partial charge in [0.2, 0.25) is 10.0 Å². The number of benzene rings is 2. The summed E-state index contributed by atoms with van der Waals surface area (Å²) in [6.45, 7) is 1.64. The van der Waals surface area contributed by atoms with E-state index in [9.17, 15) is 18.5 Å². The van der Waals surface area contributed by atoms with Gasteiger partial charge < -0.3 is 4.74 Å². The number of hydrogen-bond acceptors (Lipinski definition) is 5. The number of sulfonamides is 1. The molecule has 1 N–H and O–H groups in total. The summed E-state index contributed by atoms with van der Waals surface area (Å²) in [5.41, 5.74) is 0.171. The molecule has 2 rings (SSSR count). The molecule has 0 saturated heterocycles. The van der Waals surface area contributed by atoms with Gasteiger partial charge in [0, 0.05) is 17.7 Å². The summed E-state index contributed by atoms with van der Waals surface area (Å²) in [7, 11) is -2.57. The summed E-state index contributed by atoms with van der Waals surface area (Å²) in [6, 6.07) is 11.6. The number of nitrogens with one attached hydrogen (secondary N) is 1. The number of nitro benzene ring substituents is 1. The van der Waals surface area contributed by atoms with E-state index in [1.54, 1.807) is 31.2 Å². The SMILES string of the molecule is COc1ccccc1C(C)NS(=O)(=O)c1ccccc1[N+](=O)[O-]. The Bertz CT molecular complexity index is 820. The van der Waals surface area contributed by atoms with Gasteiger partial charge in [-0.2, -0.15) is 0 Å². The summed E-state index contributed by atoms with van der Waals surface area (Å²) in [6.07, 6.45) is 0. The lowest BCUT2D eigenvalue weighted by molar-refractivity contribution is -0.387. The van der Waals surface area contributed by atoms with E-state index < -0.39 is 26.7 Å². The molecule has 0 bridgehead atoms. The highest BCUT2D eigenvalue weighted by atomic mass is 32.2. The number of rotatable bonds is 6. The zero-order chi connectivity index (χ0) is 17.0. The summed E-state index contributed by atoms with van der Waals surface area (Å²) >= 11 is 0. The Balaban J connectivity index is 2.37. The lowest BCUT2D eigenvalue weighted by Crippen LogP contribution is -2.27. The van der Waals surface area contributed by atoms with Crippen LogP contribution in [-0.2, 0) is 10.0 Å². The fourth-order valence-electron chi connectivity index (χ4n) is 2.22. The zero-order valence-electron chi connectivity index (χ0n) is 12.6. The number of hydrogen-bond donors (Lipinski definition) is 1. The zero-order valence-corrected chi connectivity index (χ0v) is 13.4. The molecule has 0 aliphatic carbocycles. The van der Waals surface area contributed by atoms with Crippen LogP contribution in [0.25, 0.3) is 0 Å². The van der Waals surface area contributed by atoms with Crippen molar-refractivity contribution in [2.75, 3.05) is 7.11 Å². The van der Waals surface area contributed by atoms with E-state index >= 15 is 0 Å². The van der Waals surface area contributed by atoms with E-state index in [-0.39, 0.29) is 4.90 Å². The van der Waals surface area contributed by atoms with Crippen LogP contribution in [0.2, 0.25) is 0 Å². The first-order valence-corrected chi connectivity index (χ1v) is 8.24. The minimum Gasteiger partial charge on any atom is -0.496 e. The predicted octanol–water partition coefficient (Wildman–Crippen LogP) is 2.64. The quantitative estimate of drug-likeness (QED) is 0.646. The molecule has 0 saturated carbocycles. The average molecular weight is 336 g/mol. The molecule has 1 unspecified atom stereocenters. The van der Waals surface area contributed by atoms with E-state index in [0.717, 1.165) is 6.07 Å². The molecule has 8 heteroatoms. The summed E-state index contributed by atoms with van der Waals surface area (Å²) in [5.74, 6) is 0.533. The van der Waals surface area contributed by atoms with Gasteiger partial charge in [0.25, 0.3) is 5.69 Å². The largest absolute Gasteiger partial charge is 0.496 e. The van der Waals surface area contributed by atoms with Crippen LogP contribution < -0.4 is 9.46 Å². The molecule has 0 aromatic heterocycles. The summed E-state index contributed by atoms with van der Waals surface area (Å²) in [5, 5.41) is 11.0. The van der Waals surface area contributed by atoms with E-state index in [1.807, 2.05) is 0 Å². The molecule has 122 valence electrons. The molecular weight excluding hydrogens is 320 g/mol. The molecule has 0 amide bonds. The lowest BCUT2D eigenvalue weighted by Gasteiger charge is -2.17. The van der Waals surface area contributed by atoms with E-state index in [2.05, 4.69) is 4.72 Å². The van der Waals surface area contributed by atoms with Crippen molar-refractivity contribution in [1.82, 2.24) is 4.72 Å². The van der Waals surface area contributed by atoms with Crippen LogP contribution in [0.4, 0.5) is 5.69 Å². The second kappa shape index (κ2) is 6.76. The van der Waals surface area contributed by atoms with E-state index in [0.29, 0.717) is 11.3 Å². The van der Waals surface area contributed by atoms with Crippen molar-refractivity contribution < 1.29 is 18.1 Å². The maximum absolute atomic E-state index is 12.5. The van der Waals surface area contributed by atoms with Crippen molar-refractivity contribution >= 4 is 15.7 Å². The molecule has 2 aromatic carbocycles. The Hall–Kier alpha value is -2.45. The molecule has 0 fully saturated rings. The summed E-state index contributed by atoms with van der Waals surface area (Å²) < 4.78 is 32.6. The minimum atomic E-state index is -4.06. The van der Waals surface area contributed by atoms with Gasteiger partial charge in [0.1, 0.15) is 5.75 Å². The molecule has 0 spiro atoms. The van der Waals surface area contributed by atoms with Gasteiger partial charge in [-0.05, 0) is 19.1 Å². The van der Waals surface area contributed by atoms with Crippen molar-refractivity contribution in [1.29, 1.82) is 0 Å². The predicted molar refractivity (Wildman–Crippen MR) is 84.8 cm³/mol. The van der Waals surface area contributed by atoms with Gasteiger partial charge in [-0.15, -0.1) is 0 Å². The van der Waals surface area contributed by atoms with Gasteiger partial charge in [0.15, 0.2) is 4.90 Å². The molecule has 23 heavy (non-hydrogen) atoms. The molecule has 1 atom stereocenters. The Morgan fingerprint density at radius 3 is 2.39 bits per heavy atom. The monoisotopic (exact) mass is 336 g/mol. The first kappa shape index (κ1) is 16.9. The molecule has 7 nitrogen and oxygen atoms in total. The smallest absolute Gasteiger partial charge is 0.289 e. The summed E-state index contributed by atoms with van der Waals surface area (Å²) in [4.78, 5) is 9.93. The van der Waals surface area contributed by atoms with Gasteiger partial charge in [-0.1, -0.05) is 30.3 Å². The van der Waals surface area contributed by atoms with Crippen LogP contribution in [0.3, 0.4) is 0 Å². The standard InChI is InChI=1S/C15H16N2O5S/c1-11(12-7-3-5-9-14(12)22-2)16-23(20,21)15-10-6-4-8-13(15)17(18)19/h3-11,16H,1-2H3. The highest BCUT2D eigenvalue weighted by Crippen LogP contribution is 2.28. The molecule has 0 aliphatic heterocycles. The third-order valence-corrected chi connectivity index (χ3v) is 4.88. The maximum Gasteiger partial charge on any atom is 0.289 e. The average Bonchev–Trinajstić information content (AvgIpc) is 2.54. The van der Waals surface area contributed by atoms with E-state index in [1.165, 1.54) is 25.3 Å². The van der Waals surface area contributed by atoms with Crippen molar-refractivity contribution in [3.05, 3.63) is 64.2 Å². The first-order chi connectivity index (χ1) is 10.9. The van der Waals surface area contributed by atoms with E-state index in [4.69, 9.17) is 4.74 Å². The van der Waals surface area contributed by atoms with Crippen molar-refractivity contribution in [3.8, 4) is 5.75 Å². The Morgan fingerprint density at radius 2 is 1.74 bits per heavy atom. The molecular formula is C15H16N2O5S. The van der Waals surface area contributed by atoms with Crippen LogP contribution >= 0.6 is 0 Å². The second-order valence-electron chi connectivity index (χ2n) is 4.81. The molecule has 2 aromatic rings. The van der Waals surface area contributed by atoms with Gasteiger partial charge in [0.05, 0.1) is 12.0 Å². The third-order valence-electron chi connectivity index (χ3n) is 3.29. The number of para-hydroxylation sites is 2. The fourth-order valence-corrected chi connectivity index (χ4v) is 3.61. The highest BCUT2D eigenvalue weighted by molar-refractivity contribution is 7.89. The lowest BCUT2D eigenvalue weighted by atomic mass is 10.1. The Kier molecular flexibility index (Phi) is 4.97. The Morgan fingerprint density at radius 1 is 1.13 bits per heavy atom. The van der Waals surface area contributed by atoms with Crippen molar-refractivity contribution in [2.24, 2.45) is 0 Å².